The summed E-state index contributed by atoms with van der Waals surface area (Å²) < 4.78 is 25.7. The Balaban J connectivity index is 2.02. The first-order valence-electron chi connectivity index (χ1n) is 8.13. The summed E-state index contributed by atoms with van der Waals surface area (Å²) in [5, 5.41) is 2.79. The van der Waals surface area contributed by atoms with Gasteiger partial charge in [-0.3, -0.25) is 9.10 Å². The first-order valence-corrected chi connectivity index (χ1v) is 9.98. The van der Waals surface area contributed by atoms with E-state index in [1.54, 1.807) is 0 Å². The third-order valence-electron chi connectivity index (χ3n) is 3.88. The molecule has 1 N–H and O–H groups in total. The molecular formula is C19H24N2O3S. The van der Waals surface area contributed by atoms with Crippen molar-refractivity contribution >= 4 is 21.6 Å². The summed E-state index contributed by atoms with van der Waals surface area (Å²) in [5.74, 6) is -0.124. The summed E-state index contributed by atoms with van der Waals surface area (Å²) in [6.07, 6.45) is 1.46. The van der Waals surface area contributed by atoms with Crippen LogP contribution in [0.3, 0.4) is 0 Å². The van der Waals surface area contributed by atoms with Gasteiger partial charge in [-0.2, -0.15) is 0 Å². The average molecular weight is 360 g/mol. The lowest BCUT2D eigenvalue weighted by Crippen LogP contribution is -2.39. The third-order valence-corrected chi connectivity index (χ3v) is 5.06. The van der Waals surface area contributed by atoms with Crippen LogP contribution in [0.25, 0.3) is 0 Å². The van der Waals surface area contributed by atoms with Gasteiger partial charge in [-0.25, -0.2) is 8.42 Å². The lowest BCUT2D eigenvalue weighted by Gasteiger charge is -2.24. The van der Waals surface area contributed by atoms with E-state index < -0.39 is 10.0 Å². The minimum absolute atomic E-state index is 0.124. The number of hydrogen-bond donors (Lipinski definition) is 1. The second-order valence-electron chi connectivity index (χ2n) is 6.14. The summed E-state index contributed by atoms with van der Waals surface area (Å²) >= 11 is 0. The van der Waals surface area contributed by atoms with E-state index in [1.165, 1.54) is 10.6 Å². The quantitative estimate of drug-likeness (QED) is 0.825. The topological polar surface area (TPSA) is 66.5 Å². The van der Waals surface area contributed by atoms with E-state index in [2.05, 4.69) is 5.32 Å². The first-order chi connectivity index (χ1) is 11.8. The largest absolute Gasteiger partial charge is 0.354 e. The Labute approximate surface area is 149 Å². The maximum atomic E-state index is 12.2. The summed E-state index contributed by atoms with van der Waals surface area (Å²) in [7, 11) is -3.43. The molecular weight excluding hydrogens is 336 g/mol. The summed E-state index contributed by atoms with van der Waals surface area (Å²) in [6.45, 7) is 4.25. The van der Waals surface area contributed by atoms with Crippen molar-refractivity contribution in [1.82, 2.24) is 5.32 Å². The highest BCUT2D eigenvalue weighted by molar-refractivity contribution is 7.92. The van der Waals surface area contributed by atoms with Crippen molar-refractivity contribution in [3.63, 3.8) is 0 Å². The molecule has 0 fully saturated rings. The highest BCUT2D eigenvalue weighted by Gasteiger charge is 2.19. The molecule has 2 rings (SSSR count). The number of amides is 1. The number of nitrogens with one attached hydrogen (secondary N) is 1. The Kier molecular flexibility index (Phi) is 6.20. The van der Waals surface area contributed by atoms with Gasteiger partial charge < -0.3 is 5.32 Å². The fourth-order valence-corrected chi connectivity index (χ4v) is 3.57. The molecule has 0 bridgehead atoms. The zero-order valence-electron chi connectivity index (χ0n) is 14.8. The Hall–Kier alpha value is -2.34. The molecule has 5 nitrogen and oxygen atoms in total. The second-order valence-corrected chi connectivity index (χ2v) is 8.04. The molecule has 0 saturated heterocycles. The molecule has 0 atom stereocenters. The van der Waals surface area contributed by atoms with Crippen molar-refractivity contribution < 1.29 is 13.2 Å². The Morgan fingerprint density at radius 1 is 1.08 bits per heavy atom. The number of rotatable bonds is 7. The number of hydrogen-bond acceptors (Lipinski definition) is 3. The maximum Gasteiger partial charge on any atom is 0.232 e. The molecule has 0 radical (unpaired) electrons. The van der Waals surface area contributed by atoms with Gasteiger partial charge in [0.15, 0.2) is 0 Å². The lowest BCUT2D eigenvalue weighted by atomic mass is 10.1. The SMILES string of the molecule is Cc1ccc(C)c(N(CCNC(=O)Cc2ccccc2)S(C)(=O)=O)c1. The van der Waals surface area contributed by atoms with E-state index in [0.717, 1.165) is 16.7 Å². The van der Waals surface area contributed by atoms with Crippen LogP contribution in [0.1, 0.15) is 16.7 Å². The van der Waals surface area contributed by atoms with E-state index >= 15 is 0 Å². The van der Waals surface area contributed by atoms with Crippen LogP contribution in [0.4, 0.5) is 5.69 Å². The molecule has 1 amide bonds. The average Bonchev–Trinajstić information content (AvgIpc) is 2.54. The Morgan fingerprint density at radius 3 is 2.40 bits per heavy atom. The Bertz CT molecular complexity index is 833. The molecule has 0 spiro atoms. The molecule has 0 heterocycles. The molecule has 0 aliphatic heterocycles. The van der Waals surface area contributed by atoms with Crippen LogP contribution in [0, 0.1) is 13.8 Å². The molecule has 0 unspecified atom stereocenters. The standard InChI is InChI=1S/C19H24N2O3S/c1-15-9-10-16(2)18(13-15)21(25(3,23)24)12-11-20-19(22)14-17-7-5-4-6-8-17/h4-10,13H,11-12,14H2,1-3H3,(H,20,22). The van der Waals surface area contributed by atoms with Gasteiger partial charge in [-0.15, -0.1) is 0 Å². The molecule has 0 aliphatic carbocycles. The number of nitrogens with zero attached hydrogens (tertiary/aromatic N) is 1. The van der Waals surface area contributed by atoms with E-state index in [1.807, 2.05) is 62.4 Å². The lowest BCUT2D eigenvalue weighted by molar-refractivity contribution is -0.120. The molecule has 0 aliphatic rings. The molecule has 0 saturated carbocycles. The van der Waals surface area contributed by atoms with Gasteiger partial charge in [0.05, 0.1) is 24.9 Å². The number of anilines is 1. The first kappa shape index (κ1) is 19.0. The van der Waals surface area contributed by atoms with Gasteiger partial charge in [-0.1, -0.05) is 42.5 Å². The monoisotopic (exact) mass is 360 g/mol. The van der Waals surface area contributed by atoms with Crippen LogP contribution >= 0.6 is 0 Å². The predicted octanol–water partition coefficient (Wildman–Crippen LogP) is 2.43. The van der Waals surface area contributed by atoms with Crippen LogP contribution in [-0.2, 0) is 21.2 Å². The molecule has 25 heavy (non-hydrogen) atoms. The fraction of sp³-hybridized carbons (Fsp3) is 0.316. The van der Waals surface area contributed by atoms with Crippen molar-refractivity contribution in [2.24, 2.45) is 0 Å². The highest BCUT2D eigenvalue weighted by Crippen LogP contribution is 2.23. The van der Waals surface area contributed by atoms with Crippen LogP contribution in [0.2, 0.25) is 0 Å². The van der Waals surface area contributed by atoms with Crippen LogP contribution in [0.5, 0.6) is 0 Å². The second kappa shape index (κ2) is 8.16. The van der Waals surface area contributed by atoms with Crippen LogP contribution < -0.4 is 9.62 Å². The van der Waals surface area contributed by atoms with E-state index in [0.29, 0.717) is 5.69 Å². The smallest absolute Gasteiger partial charge is 0.232 e. The number of sulfonamides is 1. The van der Waals surface area contributed by atoms with Gasteiger partial charge in [0, 0.05) is 6.54 Å². The minimum atomic E-state index is -3.43. The van der Waals surface area contributed by atoms with Gasteiger partial charge in [0.1, 0.15) is 0 Å². The van der Waals surface area contributed by atoms with E-state index in [-0.39, 0.29) is 25.4 Å². The van der Waals surface area contributed by atoms with E-state index in [4.69, 9.17) is 0 Å². The molecule has 6 heteroatoms. The molecule has 0 aromatic heterocycles. The summed E-state index contributed by atoms with van der Waals surface area (Å²) in [5.41, 5.74) is 3.45. The van der Waals surface area contributed by atoms with Gasteiger partial charge in [0.2, 0.25) is 15.9 Å². The van der Waals surface area contributed by atoms with Crippen molar-refractivity contribution in [3.05, 3.63) is 65.2 Å². The normalized spacial score (nSPS) is 11.2. The Morgan fingerprint density at radius 2 is 1.76 bits per heavy atom. The van der Waals surface area contributed by atoms with Crippen molar-refractivity contribution in [3.8, 4) is 0 Å². The minimum Gasteiger partial charge on any atom is -0.354 e. The van der Waals surface area contributed by atoms with Crippen molar-refractivity contribution in [2.75, 3.05) is 23.7 Å². The molecule has 2 aromatic carbocycles. The van der Waals surface area contributed by atoms with Crippen molar-refractivity contribution in [1.29, 1.82) is 0 Å². The fourth-order valence-electron chi connectivity index (χ4n) is 2.59. The van der Waals surface area contributed by atoms with Crippen LogP contribution in [0.15, 0.2) is 48.5 Å². The predicted molar refractivity (Wildman–Crippen MR) is 101 cm³/mol. The zero-order valence-corrected chi connectivity index (χ0v) is 15.6. The van der Waals surface area contributed by atoms with E-state index in [9.17, 15) is 13.2 Å². The van der Waals surface area contributed by atoms with Crippen molar-refractivity contribution in [2.45, 2.75) is 20.3 Å². The van der Waals surface area contributed by atoms with Gasteiger partial charge >= 0.3 is 0 Å². The number of benzene rings is 2. The van der Waals surface area contributed by atoms with Gasteiger partial charge in [-0.05, 0) is 36.6 Å². The number of carbonyl (C=O) groups excluding carboxylic acids is 1. The summed E-state index contributed by atoms with van der Waals surface area (Å²) in [6, 6.07) is 15.1. The van der Waals surface area contributed by atoms with Crippen LogP contribution in [-0.4, -0.2) is 33.7 Å². The number of aryl methyl sites for hydroxylation is 2. The molecule has 2 aromatic rings. The highest BCUT2D eigenvalue weighted by atomic mass is 32.2. The third kappa shape index (κ3) is 5.60. The maximum absolute atomic E-state index is 12.2. The summed E-state index contributed by atoms with van der Waals surface area (Å²) in [4.78, 5) is 12.0. The zero-order chi connectivity index (χ0) is 18.4. The molecule has 134 valence electrons. The van der Waals surface area contributed by atoms with Gasteiger partial charge in [0.25, 0.3) is 0 Å². The number of carbonyl (C=O) groups is 1.